The highest BCUT2D eigenvalue weighted by Gasteiger charge is 2.22. The molecule has 18 heavy (non-hydrogen) atoms. The van der Waals surface area contributed by atoms with E-state index in [1.54, 1.807) is 18.3 Å². The molecule has 0 aromatic carbocycles. The molecule has 0 N–H and O–H groups in total. The van der Waals surface area contributed by atoms with Crippen LogP contribution in [0.15, 0.2) is 18.3 Å². The van der Waals surface area contributed by atoms with Crippen LogP contribution in [0, 0.1) is 0 Å². The van der Waals surface area contributed by atoms with Crippen molar-refractivity contribution in [2.75, 3.05) is 29.5 Å². The molecule has 0 atom stereocenters. The molecule has 0 unspecified atom stereocenters. The highest BCUT2D eigenvalue weighted by Crippen LogP contribution is 2.19. The molecule has 0 spiro atoms. The van der Waals surface area contributed by atoms with E-state index in [4.69, 9.17) is 0 Å². The molecule has 0 radical (unpaired) electrons. The topological polar surface area (TPSA) is 67.3 Å². The first-order chi connectivity index (χ1) is 8.49. The van der Waals surface area contributed by atoms with E-state index in [0.717, 1.165) is 0 Å². The maximum Gasteiger partial charge on any atom is 0.163 e. The van der Waals surface area contributed by atoms with Crippen LogP contribution in [-0.4, -0.2) is 43.8 Å². The number of sulfone groups is 1. The Morgan fingerprint density at radius 1 is 1.33 bits per heavy atom. The van der Waals surface area contributed by atoms with Crippen LogP contribution in [-0.2, 0) is 9.84 Å². The molecule has 1 aromatic rings. The quantitative estimate of drug-likeness (QED) is 0.746. The number of Topliss-reactive ketones (excluding diaryl/α,β-unsaturated/α-hetero) is 1. The average Bonchev–Trinajstić information content (AvgIpc) is 2.50. The van der Waals surface area contributed by atoms with Crippen LogP contribution in [0.5, 0.6) is 0 Å². The number of rotatable bonds is 2. The molecule has 0 saturated carbocycles. The molecule has 1 aliphatic rings. The van der Waals surface area contributed by atoms with Crippen molar-refractivity contribution in [3.63, 3.8) is 0 Å². The van der Waals surface area contributed by atoms with E-state index >= 15 is 0 Å². The average molecular weight is 268 g/mol. The Hall–Kier alpha value is -1.43. The molecular formula is C12H16N2O3S. The summed E-state index contributed by atoms with van der Waals surface area (Å²) >= 11 is 0. The number of carbonyl (C=O) groups is 1. The lowest BCUT2D eigenvalue weighted by Gasteiger charge is -2.22. The molecule has 0 aliphatic carbocycles. The second kappa shape index (κ2) is 5.06. The van der Waals surface area contributed by atoms with Crippen LogP contribution < -0.4 is 4.90 Å². The SMILES string of the molecule is CC(=O)c1cccnc1N1CCCS(=O)(=O)CC1. The molecule has 5 nitrogen and oxygen atoms in total. The van der Waals surface area contributed by atoms with Gasteiger partial charge in [0.1, 0.15) is 5.82 Å². The number of hydrogen-bond donors (Lipinski definition) is 0. The Morgan fingerprint density at radius 3 is 2.83 bits per heavy atom. The maximum atomic E-state index is 11.6. The number of nitrogens with zero attached hydrogens (tertiary/aromatic N) is 2. The van der Waals surface area contributed by atoms with Gasteiger partial charge in [-0.3, -0.25) is 4.79 Å². The normalized spacial score (nSPS) is 19.3. The lowest BCUT2D eigenvalue weighted by atomic mass is 10.1. The van der Waals surface area contributed by atoms with Crippen LogP contribution in [0.3, 0.4) is 0 Å². The molecule has 0 amide bonds. The Morgan fingerprint density at radius 2 is 2.11 bits per heavy atom. The Bertz CT molecular complexity index is 554. The number of pyridine rings is 1. The van der Waals surface area contributed by atoms with Gasteiger partial charge in [0.25, 0.3) is 0 Å². The van der Waals surface area contributed by atoms with Crippen molar-refractivity contribution in [1.29, 1.82) is 0 Å². The first-order valence-electron chi connectivity index (χ1n) is 5.91. The van der Waals surface area contributed by atoms with E-state index in [0.29, 0.717) is 30.9 Å². The first kappa shape index (κ1) is 13.0. The molecule has 1 fully saturated rings. The number of ketones is 1. The summed E-state index contributed by atoms with van der Waals surface area (Å²) in [6.45, 7) is 2.52. The van der Waals surface area contributed by atoms with E-state index in [-0.39, 0.29) is 17.3 Å². The fourth-order valence-electron chi connectivity index (χ4n) is 2.07. The van der Waals surface area contributed by atoms with Gasteiger partial charge in [0.2, 0.25) is 0 Å². The second-order valence-corrected chi connectivity index (χ2v) is 6.73. The predicted octanol–water partition coefficient (Wildman–Crippen LogP) is 0.909. The third-order valence-corrected chi connectivity index (χ3v) is 4.74. The van der Waals surface area contributed by atoms with Crippen molar-refractivity contribution in [2.45, 2.75) is 13.3 Å². The first-order valence-corrected chi connectivity index (χ1v) is 7.73. The molecule has 1 aromatic heterocycles. The molecule has 98 valence electrons. The zero-order valence-electron chi connectivity index (χ0n) is 10.3. The van der Waals surface area contributed by atoms with Gasteiger partial charge in [-0.1, -0.05) is 0 Å². The molecular weight excluding hydrogens is 252 g/mol. The van der Waals surface area contributed by atoms with Gasteiger partial charge in [-0.05, 0) is 25.5 Å². The summed E-state index contributed by atoms with van der Waals surface area (Å²) in [6.07, 6.45) is 2.21. The fraction of sp³-hybridized carbons (Fsp3) is 0.500. The van der Waals surface area contributed by atoms with Gasteiger partial charge in [0, 0.05) is 19.3 Å². The van der Waals surface area contributed by atoms with E-state index in [9.17, 15) is 13.2 Å². The highest BCUT2D eigenvalue weighted by atomic mass is 32.2. The van der Waals surface area contributed by atoms with Crippen molar-refractivity contribution < 1.29 is 13.2 Å². The van der Waals surface area contributed by atoms with Crippen LogP contribution in [0.1, 0.15) is 23.7 Å². The van der Waals surface area contributed by atoms with Crippen LogP contribution in [0.2, 0.25) is 0 Å². The summed E-state index contributed by atoms with van der Waals surface area (Å²) < 4.78 is 23.1. The standard InChI is InChI=1S/C12H16N2O3S/c1-10(15)11-4-2-5-13-12(11)14-6-3-8-18(16,17)9-7-14/h2,4-5H,3,6-9H2,1H3. The van der Waals surface area contributed by atoms with E-state index in [2.05, 4.69) is 4.98 Å². The molecule has 0 bridgehead atoms. The van der Waals surface area contributed by atoms with E-state index in [1.807, 2.05) is 4.90 Å². The summed E-state index contributed by atoms with van der Waals surface area (Å²) in [6, 6.07) is 3.44. The van der Waals surface area contributed by atoms with Gasteiger partial charge in [-0.2, -0.15) is 0 Å². The van der Waals surface area contributed by atoms with Crippen molar-refractivity contribution in [2.24, 2.45) is 0 Å². The number of hydrogen-bond acceptors (Lipinski definition) is 5. The third kappa shape index (κ3) is 2.87. The van der Waals surface area contributed by atoms with Crippen LogP contribution >= 0.6 is 0 Å². The smallest absolute Gasteiger partial charge is 0.163 e. The minimum absolute atomic E-state index is 0.0507. The van der Waals surface area contributed by atoms with Gasteiger partial charge >= 0.3 is 0 Å². The summed E-state index contributed by atoms with van der Waals surface area (Å²) in [5, 5.41) is 0. The molecule has 6 heteroatoms. The molecule has 1 saturated heterocycles. The molecule has 2 heterocycles. The fourth-order valence-corrected chi connectivity index (χ4v) is 3.35. The minimum Gasteiger partial charge on any atom is -0.355 e. The second-order valence-electron chi connectivity index (χ2n) is 4.42. The van der Waals surface area contributed by atoms with Crippen molar-refractivity contribution in [1.82, 2.24) is 4.98 Å². The van der Waals surface area contributed by atoms with Crippen molar-refractivity contribution >= 4 is 21.4 Å². The van der Waals surface area contributed by atoms with Gasteiger partial charge in [0.05, 0.1) is 17.1 Å². The zero-order valence-corrected chi connectivity index (χ0v) is 11.1. The number of anilines is 1. The molecule has 1 aliphatic heterocycles. The van der Waals surface area contributed by atoms with E-state index < -0.39 is 9.84 Å². The summed E-state index contributed by atoms with van der Waals surface area (Å²) in [5.41, 5.74) is 0.553. The Labute approximate surface area is 107 Å². The largest absolute Gasteiger partial charge is 0.355 e. The summed E-state index contributed by atoms with van der Waals surface area (Å²) in [4.78, 5) is 17.7. The third-order valence-electron chi connectivity index (χ3n) is 3.02. The van der Waals surface area contributed by atoms with Crippen LogP contribution in [0.4, 0.5) is 5.82 Å². The highest BCUT2D eigenvalue weighted by molar-refractivity contribution is 7.91. The predicted molar refractivity (Wildman–Crippen MR) is 69.7 cm³/mol. The molecule has 2 rings (SSSR count). The monoisotopic (exact) mass is 268 g/mol. The summed E-state index contributed by atoms with van der Waals surface area (Å²) in [7, 11) is -2.95. The lowest BCUT2D eigenvalue weighted by molar-refractivity contribution is 0.101. The maximum absolute atomic E-state index is 11.6. The Kier molecular flexibility index (Phi) is 3.65. The number of aromatic nitrogens is 1. The lowest BCUT2D eigenvalue weighted by Crippen LogP contribution is -2.29. The van der Waals surface area contributed by atoms with Gasteiger partial charge in [-0.25, -0.2) is 13.4 Å². The minimum atomic E-state index is -2.95. The summed E-state index contributed by atoms with van der Waals surface area (Å²) in [5.74, 6) is 0.888. The van der Waals surface area contributed by atoms with Crippen LogP contribution in [0.25, 0.3) is 0 Å². The van der Waals surface area contributed by atoms with Gasteiger partial charge < -0.3 is 4.90 Å². The van der Waals surface area contributed by atoms with E-state index in [1.165, 1.54) is 6.92 Å². The van der Waals surface area contributed by atoms with Gasteiger partial charge in [-0.15, -0.1) is 0 Å². The number of carbonyl (C=O) groups excluding carboxylic acids is 1. The van der Waals surface area contributed by atoms with Gasteiger partial charge in [0.15, 0.2) is 15.6 Å². The zero-order chi connectivity index (χ0) is 13.2. The van der Waals surface area contributed by atoms with Crippen molar-refractivity contribution in [3.05, 3.63) is 23.9 Å². The van der Waals surface area contributed by atoms with Crippen molar-refractivity contribution in [3.8, 4) is 0 Å². The Balaban J connectivity index is 2.29.